The van der Waals surface area contributed by atoms with Gasteiger partial charge in [-0.2, -0.15) is 0 Å². The molecule has 17 aromatic rings. The van der Waals surface area contributed by atoms with Crippen molar-refractivity contribution in [1.29, 1.82) is 0 Å². The highest BCUT2D eigenvalue weighted by molar-refractivity contribution is 6.36. The molecule has 12 aromatic carbocycles. The monoisotopic (exact) mass is 1880 g/mol. The maximum atomic E-state index is 13.5. The second-order valence-corrected chi connectivity index (χ2v) is 34.6. The summed E-state index contributed by atoms with van der Waals surface area (Å²) in [7, 11) is 0. The number of carbonyl (C=O) groups excluding carboxylic acids is 10. The normalized spacial score (nSPS) is 12.6. The van der Waals surface area contributed by atoms with Crippen molar-refractivity contribution in [3.8, 4) is 78.8 Å². The summed E-state index contributed by atoms with van der Waals surface area (Å²) in [5, 5.41) is 2.10. The van der Waals surface area contributed by atoms with E-state index < -0.39 is 0 Å². The number of hydrogen-bond donors (Lipinski definition) is 0. The smallest absolute Gasteiger partial charge is 0.214 e. The topological polar surface area (TPSA) is 300 Å². The molecule has 660 valence electrons. The highest BCUT2D eigenvalue weighted by Crippen LogP contribution is 2.41. The molecule has 22 rings (SSSR count). The van der Waals surface area contributed by atoms with E-state index in [0.717, 1.165) is 38.9 Å². The molecule has 136 heavy (non-hydrogen) atoms. The standard InChI is InChI=1S/C25H15ClN2O2.C25H15FN2O2.C24H13ClN2O2.C19H10Cl2N2O2.C17H15ClN2O2/c2*1-14-6-8-15(9-7-14)20-21(16-10-12-17(26)13-11-16)28-23-22(27-20)24(29)18-4-2-3-5-19(18)25(23)30;25-16-12-10-15(11-13-16)20-19(14-6-2-1-3-7-14)26-21-22(27-20)24(29)18-9-5-4-8-17(18)23(21)28;1-9-15(10-6-11(20)8-12(21)7-10)23-17-16(22-9)18(24)13-4-2-3-5-14(13)19(17)25;1-9(2)7-12-13(8-18)20-15-14(19-12)16(21)10-5-3-4-6-11(10)17(15)22/h2*2-13H,1H3;1-13H;2-8H,1H3;3-6,9H,7-8H2,1-2H3. The maximum absolute atomic E-state index is 13.5. The minimum Gasteiger partial charge on any atom is -0.287 e. The lowest BCUT2D eigenvalue weighted by molar-refractivity contribution is 0.0971. The average molecular weight is 1890 g/mol. The van der Waals surface area contributed by atoms with Crippen LogP contribution in [0.3, 0.4) is 0 Å². The molecule has 0 fully saturated rings. The lowest BCUT2D eigenvalue weighted by Crippen LogP contribution is -2.25. The van der Waals surface area contributed by atoms with E-state index >= 15 is 0 Å². The van der Waals surface area contributed by atoms with Crippen molar-refractivity contribution in [3.05, 3.63) is 458 Å². The number of hydrogen-bond acceptors (Lipinski definition) is 20. The Balaban J connectivity index is 0.000000114. The van der Waals surface area contributed by atoms with E-state index in [1.807, 2.05) is 117 Å². The molecule has 5 aliphatic carbocycles. The maximum Gasteiger partial charge on any atom is 0.214 e. The Morgan fingerprint density at radius 1 is 0.228 bits per heavy atom. The highest BCUT2D eigenvalue weighted by atomic mass is 35.5. The van der Waals surface area contributed by atoms with E-state index in [1.54, 1.807) is 183 Å². The van der Waals surface area contributed by atoms with Crippen LogP contribution in [0.4, 0.5) is 4.39 Å². The first-order valence-electron chi connectivity index (χ1n) is 42.6. The molecule has 0 N–H and O–H groups in total. The van der Waals surface area contributed by atoms with E-state index in [4.69, 9.17) is 58.0 Å². The number of fused-ring (bicyclic) bond motifs is 10. The van der Waals surface area contributed by atoms with Gasteiger partial charge in [0.15, 0.2) is 0 Å². The molecule has 0 unspecified atom stereocenters. The van der Waals surface area contributed by atoms with Crippen molar-refractivity contribution in [3.63, 3.8) is 0 Å². The Kier molecular flexibility index (Phi) is 25.3. The minimum atomic E-state index is -0.373. The Morgan fingerprint density at radius 2 is 0.449 bits per heavy atom. The van der Waals surface area contributed by atoms with Crippen LogP contribution in [-0.4, -0.2) is 108 Å². The first-order chi connectivity index (χ1) is 65.7. The van der Waals surface area contributed by atoms with E-state index in [-0.39, 0.29) is 126 Å². The van der Waals surface area contributed by atoms with Gasteiger partial charge in [-0.3, -0.25) is 47.9 Å². The predicted octanol–water partition coefficient (Wildman–Crippen LogP) is 23.5. The molecule has 5 aromatic heterocycles. The molecule has 20 nitrogen and oxygen atoms in total. The summed E-state index contributed by atoms with van der Waals surface area (Å²) in [6.45, 7) is 9.82. The number of halogens is 6. The van der Waals surface area contributed by atoms with Gasteiger partial charge in [0.1, 0.15) is 62.8 Å². The summed E-state index contributed by atoms with van der Waals surface area (Å²) < 4.78 is 13.5. The van der Waals surface area contributed by atoms with E-state index in [9.17, 15) is 52.3 Å². The Labute approximate surface area is 801 Å². The highest BCUT2D eigenvalue weighted by Gasteiger charge is 2.40. The summed E-state index contributed by atoms with van der Waals surface area (Å²) in [5.41, 5.74) is 17.1. The van der Waals surface area contributed by atoms with Crippen molar-refractivity contribution in [2.45, 2.75) is 46.9 Å². The fourth-order valence-corrected chi connectivity index (χ4v) is 17.2. The molecule has 0 amide bonds. The minimum absolute atomic E-state index is 0.0221. The molecule has 5 aliphatic rings. The first-order valence-corrected chi connectivity index (χ1v) is 44.7. The van der Waals surface area contributed by atoms with Crippen LogP contribution in [0.25, 0.3) is 78.8 Å². The van der Waals surface area contributed by atoms with Gasteiger partial charge >= 0.3 is 0 Å². The average Bonchev–Trinajstić information content (AvgIpc) is 0.732. The molecule has 5 heterocycles. The fraction of sp³-hybridized carbons (Fsp3) is 0.0727. The molecule has 0 aliphatic heterocycles. The van der Waals surface area contributed by atoms with Gasteiger partial charge in [-0.15, -0.1) is 11.6 Å². The number of carbonyl (C=O) groups is 10. The van der Waals surface area contributed by atoms with Crippen molar-refractivity contribution in [2.24, 2.45) is 5.92 Å². The quantitative estimate of drug-likeness (QED) is 0.115. The molecule has 0 saturated carbocycles. The zero-order valence-corrected chi connectivity index (χ0v) is 76.3. The predicted molar refractivity (Wildman–Crippen MR) is 517 cm³/mol. The van der Waals surface area contributed by atoms with Gasteiger partial charge in [-0.05, 0) is 99.8 Å². The molecular weight excluding hydrogens is 1820 g/mol. The largest absolute Gasteiger partial charge is 0.287 e. The van der Waals surface area contributed by atoms with Crippen LogP contribution >= 0.6 is 58.0 Å². The Morgan fingerprint density at radius 3 is 0.713 bits per heavy atom. The van der Waals surface area contributed by atoms with Crippen LogP contribution in [0.1, 0.15) is 203 Å². The van der Waals surface area contributed by atoms with Crippen LogP contribution in [0.5, 0.6) is 0 Å². The molecule has 0 spiro atoms. The molecule has 0 radical (unpaired) electrons. The summed E-state index contributed by atoms with van der Waals surface area (Å²) in [6, 6.07) is 83.9. The Bertz CT molecular complexity index is 7500. The zero-order chi connectivity index (χ0) is 95.2. The number of aryl methyl sites for hydroxylation is 3. The van der Waals surface area contributed by atoms with Crippen LogP contribution in [0, 0.1) is 32.5 Å². The number of ketones is 10. The van der Waals surface area contributed by atoms with E-state index in [2.05, 4.69) is 63.7 Å². The van der Waals surface area contributed by atoms with Gasteiger partial charge in [-0.1, -0.05) is 296 Å². The van der Waals surface area contributed by atoms with E-state index in [1.165, 1.54) is 12.1 Å². The number of nitrogens with zero attached hydrogens (tertiary/aromatic N) is 10. The van der Waals surface area contributed by atoms with Gasteiger partial charge in [0.25, 0.3) is 0 Å². The second kappa shape index (κ2) is 38.0. The fourth-order valence-electron chi connectivity index (χ4n) is 16.3. The van der Waals surface area contributed by atoms with E-state index in [0.29, 0.717) is 156 Å². The van der Waals surface area contributed by atoms with Crippen LogP contribution in [0.15, 0.2) is 291 Å². The second-order valence-electron chi connectivity index (χ2n) is 32.6. The molecular formula is C110H68Cl5FN10O10. The number of benzene rings is 12. The third kappa shape index (κ3) is 17.6. The van der Waals surface area contributed by atoms with Crippen molar-refractivity contribution < 1.29 is 52.3 Å². The van der Waals surface area contributed by atoms with Gasteiger partial charge in [-0.25, -0.2) is 54.2 Å². The first kappa shape index (κ1) is 90.7. The van der Waals surface area contributed by atoms with Crippen molar-refractivity contribution >= 4 is 116 Å². The zero-order valence-electron chi connectivity index (χ0n) is 72.5. The number of aromatic nitrogens is 10. The van der Waals surface area contributed by atoms with Gasteiger partial charge in [0, 0.05) is 115 Å². The van der Waals surface area contributed by atoms with Crippen molar-refractivity contribution in [2.75, 3.05) is 0 Å². The molecule has 0 saturated heterocycles. The van der Waals surface area contributed by atoms with Gasteiger partial charge < -0.3 is 0 Å². The van der Waals surface area contributed by atoms with Crippen LogP contribution in [0.2, 0.25) is 20.1 Å². The summed E-state index contributed by atoms with van der Waals surface area (Å²) in [6.07, 6.45) is 0.672. The van der Waals surface area contributed by atoms with Crippen molar-refractivity contribution in [1.82, 2.24) is 49.8 Å². The molecule has 0 atom stereocenters. The third-order valence-electron chi connectivity index (χ3n) is 23.0. The lowest BCUT2D eigenvalue weighted by Gasteiger charge is -2.19. The Hall–Kier alpha value is -15.9. The number of alkyl halides is 1. The summed E-state index contributed by atoms with van der Waals surface area (Å²) in [4.78, 5) is 175. The molecule has 26 heteroatoms. The lowest BCUT2D eigenvalue weighted by atomic mass is 9.89. The van der Waals surface area contributed by atoms with Crippen LogP contribution < -0.4 is 0 Å². The SMILES string of the molecule is CC(C)Cc1nc2c(nc1CCl)C(=O)c1ccccc1C2=O.Cc1ccc(-c2nc3c(nc2-c2ccc(Cl)cc2)C(=O)c2ccccc2C3=O)cc1.Cc1ccc(-c2nc3c(nc2-c2ccc(F)cc2)C(=O)c2ccccc2C3=O)cc1.Cc1nc2c(nc1-c1cc(Cl)cc(Cl)c1)C(=O)c1ccccc1C2=O.O=C1c2ccccc2C(=O)c2nc(-c3ccc(Cl)cc3)c(-c3ccccc3)nc21. The third-order valence-corrected chi connectivity index (χ3v) is 24.1. The number of rotatable bonds is 10. The summed E-state index contributed by atoms with van der Waals surface area (Å²) in [5.74, 6) is -2.79. The van der Waals surface area contributed by atoms with Crippen LogP contribution in [-0.2, 0) is 12.3 Å². The molecule has 0 bridgehead atoms. The van der Waals surface area contributed by atoms with Gasteiger partial charge in [0.05, 0.1) is 62.8 Å². The van der Waals surface area contributed by atoms with Gasteiger partial charge in [0.2, 0.25) is 57.8 Å². The summed E-state index contributed by atoms with van der Waals surface area (Å²) >= 11 is 30.2.